The van der Waals surface area contributed by atoms with Crippen molar-refractivity contribution in [3.05, 3.63) is 48.2 Å². The Balaban J connectivity index is 1.77. The molecule has 0 amide bonds. The summed E-state index contributed by atoms with van der Waals surface area (Å²) in [5.74, 6) is -1.59. The van der Waals surface area contributed by atoms with Gasteiger partial charge in [0.2, 0.25) is 10.0 Å². The van der Waals surface area contributed by atoms with Gasteiger partial charge >= 0.3 is 0 Å². The molecule has 0 atom stereocenters. The molecule has 134 valence electrons. The SMILES string of the molecule is O=S(=O)(N[C@H]1CC[C@@H](O)CC1)c1ccc(-c2ncc(F)cc2F)cc1. The molecule has 2 N–H and O–H groups in total. The van der Waals surface area contributed by atoms with E-state index < -0.39 is 21.7 Å². The molecule has 1 fully saturated rings. The molecule has 0 bridgehead atoms. The summed E-state index contributed by atoms with van der Waals surface area (Å²) in [5, 5.41) is 9.48. The van der Waals surface area contributed by atoms with Crippen molar-refractivity contribution in [1.29, 1.82) is 0 Å². The molecular weight excluding hydrogens is 350 g/mol. The van der Waals surface area contributed by atoms with Crippen LogP contribution in [0.2, 0.25) is 0 Å². The fourth-order valence-electron chi connectivity index (χ4n) is 2.90. The number of benzene rings is 1. The molecule has 1 aliphatic rings. The number of aliphatic hydroxyl groups excluding tert-OH is 1. The predicted molar refractivity (Wildman–Crippen MR) is 88.2 cm³/mol. The van der Waals surface area contributed by atoms with Gasteiger partial charge < -0.3 is 5.11 Å². The monoisotopic (exact) mass is 368 g/mol. The molecule has 0 spiro atoms. The average Bonchev–Trinajstić information content (AvgIpc) is 2.57. The second-order valence-electron chi connectivity index (χ2n) is 6.14. The first-order chi connectivity index (χ1) is 11.8. The van der Waals surface area contributed by atoms with Crippen LogP contribution in [-0.2, 0) is 10.0 Å². The van der Waals surface area contributed by atoms with Gasteiger partial charge in [-0.3, -0.25) is 4.98 Å². The van der Waals surface area contributed by atoms with E-state index in [9.17, 15) is 22.3 Å². The van der Waals surface area contributed by atoms with E-state index in [0.29, 0.717) is 31.2 Å². The Hall–Kier alpha value is -1.90. The Morgan fingerprint density at radius 1 is 1.08 bits per heavy atom. The lowest BCUT2D eigenvalue weighted by atomic mass is 9.94. The van der Waals surface area contributed by atoms with E-state index in [4.69, 9.17) is 0 Å². The number of rotatable bonds is 4. The lowest BCUT2D eigenvalue weighted by molar-refractivity contribution is 0.120. The smallest absolute Gasteiger partial charge is 0.240 e. The van der Waals surface area contributed by atoms with Gasteiger partial charge in [-0.1, -0.05) is 12.1 Å². The van der Waals surface area contributed by atoms with Gasteiger partial charge in [-0.15, -0.1) is 0 Å². The predicted octanol–water partition coefficient (Wildman–Crippen LogP) is 2.61. The molecule has 0 saturated heterocycles. The Bertz CT molecular complexity index is 849. The van der Waals surface area contributed by atoms with E-state index >= 15 is 0 Å². The highest BCUT2D eigenvalue weighted by molar-refractivity contribution is 7.89. The van der Waals surface area contributed by atoms with Gasteiger partial charge in [0.25, 0.3) is 0 Å². The minimum atomic E-state index is -3.70. The normalized spacial score (nSPS) is 21.2. The molecule has 0 unspecified atom stereocenters. The van der Waals surface area contributed by atoms with Gasteiger partial charge in [-0.05, 0) is 37.8 Å². The molecule has 1 heterocycles. The van der Waals surface area contributed by atoms with Gasteiger partial charge in [0, 0.05) is 17.7 Å². The minimum absolute atomic E-state index is 0.0421. The molecule has 0 aliphatic heterocycles. The Morgan fingerprint density at radius 3 is 2.32 bits per heavy atom. The number of nitrogens with zero attached hydrogens (tertiary/aromatic N) is 1. The van der Waals surface area contributed by atoms with Crippen LogP contribution in [0.25, 0.3) is 11.3 Å². The quantitative estimate of drug-likeness (QED) is 0.869. The molecule has 3 rings (SSSR count). The van der Waals surface area contributed by atoms with Crippen LogP contribution >= 0.6 is 0 Å². The average molecular weight is 368 g/mol. The molecule has 25 heavy (non-hydrogen) atoms. The molecule has 1 aromatic carbocycles. The third-order valence-corrected chi connectivity index (χ3v) is 5.80. The number of hydrogen-bond acceptors (Lipinski definition) is 4. The number of halogens is 2. The molecular formula is C17H18F2N2O3S. The van der Waals surface area contributed by atoms with Gasteiger partial charge in [0.1, 0.15) is 11.5 Å². The molecule has 2 aromatic rings. The van der Waals surface area contributed by atoms with Gasteiger partial charge in [-0.25, -0.2) is 21.9 Å². The number of hydrogen-bond donors (Lipinski definition) is 2. The molecule has 5 nitrogen and oxygen atoms in total. The second-order valence-corrected chi connectivity index (χ2v) is 7.85. The van der Waals surface area contributed by atoms with Crippen molar-refractivity contribution in [1.82, 2.24) is 9.71 Å². The van der Waals surface area contributed by atoms with Crippen LogP contribution in [0.1, 0.15) is 25.7 Å². The van der Waals surface area contributed by atoms with Crippen molar-refractivity contribution in [2.24, 2.45) is 0 Å². The largest absolute Gasteiger partial charge is 0.393 e. The van der Waals surface area contributed by atoms with E-state index in [1.165, 1.54) is 24.3 Å². The minimum Gasteiger partial charge on any atom is -0.393 e. The van der Waals surface area contributed by atoms with Crippen LogP contribution in [0.3, 0.4) is 0 Å². The number of aliphatic hydroxyl groups is 1. The van der Waals surface area contributed by atoms with E-state index in [1.807, 2.05) is 0 Å². The highest BCUT2D eigenvalue weighted by atomic mass is 32.2. The van der Waals surface area contributed by atoms with Crippen molar-refractivity contribution in [3.8, 4) is 11.3 Å². The number of aromatic nitrogens is 1. The maximum atomic E-state index is 13.8. The van der Waals surface area contributed by atoms with Gasteiger partial charge in [0.15, 0.2) is 5.82 Å². The summed E-state index contributed by atoms with van der Waals surface area (Å²) >= 11 is 0. The second kappa shape index (κ2) is 7.15. The summed E-state index contributed by atoms with van der Waals surface area (Å²) in [7, 11) is -3.70. The van der Waals surface area contributed by atoms with Crippen LogP contribution in [0.4, 0.5) is 8.78 Å². The Morgan fingerprint density at radius 2 is 1.72 bits per heavy atom. The summed E-state index contributed by atoms with van der Waals surface area (Å²) in [4.78, 5) is 3.76. The van der Waals surface area contributed by atoms with Gasteiger partial charge in [0.05, 0.1) is 17.2 Å². The van der Waals surface area contributed by atoms with E-state index in [-0.39, 0.29) is 22.7 Å². The van der Waals surface area contributed by atoms with Crippen molar-refractivity contribution in [2.45, 2.75) is 42.7 Å². The van der Waals surface area contributed by atoms with Crippen LogP contribution in [0, 0.1) is 11.6 Å². The molecule has 1 saturated carbocycles. The fraction of sp³-hybridized carbons (Fsp3) is 0.353. The van der Waals surface area contributed by atoms with Crippen LogP contribution in [0.5, 0.6) is 0 Å². The first-order valence-electron chi connectivity index (χ1n) is 7.97. The standard InChI is InChI=1S/C17H18F2N2O3S/c18-12-9-16(19)17(20-10-12)11-1-7-15(8-2-11)25(23,24)21-13-3-5-14(22)6-4-13/h1-2,7-10,13-14,21-22H,3-6H2/t13-,14+. The lowest BCUT2D eigenvalue weighted by Gasteiger charge is -2.26. The van der Waals surface area contributed by atoms with Crippen LogP contribution < -0.4 is 4.72 Å². The van der Waals surface area contributed by atoms with E-state index in [1.54, 1.807) is 0 Å². The highest BCUT2D eigenvalue weighted by Crippen LogP contribution is 2.24. The maximum absolute atomic E-state index is 13.8. The van der Waals surface area contributed by atoms with Crippen molar-refractivity contribution >= 4 is 10.0 Å². The summed E-state index contributed by atoms with van der Waals surface area (Å²) in [6, 6.07) is 6.11. The highest BCUT2D eigenvalue weighted by Gasteiger charge is 2.24. The summed E-state index contributed by atoms with van der Waals surface area (Å²) in [6.45, 7) is 0. The lowest BCUT2D eigenvalue weighted by Crippen LogP contribution is -2.38. The molecule has 1 aliphatic carbocycles. The third-order valence-electron chi connectivity index (χ3n) is 4.26. The van der Waals surface area contributed by atoms with Crippen molar-refractivity contribution in [2.75, 3.05) is 0 Å². The van der Waals surface area contributed by atoms with Gasteiger partial charge in [-0.2, -0.15) is 0 Å². The molecule has 0 radical (unpaired) electrons. The number of pyridine rings is 1. The zero-order valence-corrected chi connectivity index (χ0v) is 14.1. The summed E-state index contributed by atoms with van der Waals surface area (Å²) in [6.07, 6.45) is 2.86. The number of sulfonamides is 1. The van der Waals surface area contributed by atoms with Crippen molar-refractivity contribution < 1.29 is 22.3 Å². The van der Waals surface area contributed by atoms with Crippen LogP contribution in [-0.4, -0.2) is 30.7 Å². The summed E-state index contributed by atoms with van der Waals surface area (Å²) in [5.41, 5.74) is 0.316. The fourth-order valence-corrected chi connectivity index (χ4v) is 4.21. The Labute approximate surface area is 144 Å². The first-order valence-corrected chi connectivity index (χ1v) is 9.45. The maximum Gasteiger partial charge on any atom is 0.240 e. The molecule has 1 aromatic heterocycles. The topological polar surface area (TPSA) is 79.3 Å². The van der Waals surface area contributed by atoms with E-state index in [2.05, 4.69) is 9.71 Å². The van der Waals surface area contributed by atoms with E-state index in [0.717, 1.165) is 12.3 Å². The molecule has 8 heteroatoms. The Kier molecular flexibility index (Phi) is 5.12. The van der Waals surface area contributed by atoms with Crippen molar-refractivity contribution in [3.63, 3.8) is 0 Å². The number of nitrogens with one attached hydrogen (secondary N) is 1. The first kappa shape index (κ1) is 17.9. The zero-order valence-electron chi connectivity index (χ0n) is 13.3. The third kappa shape index (κ3) is 4.20. The van der Waals surface area contributed by atoms with Crippen LogP contribution in [0.15, 0.2) is 41.4 Å². The summed E-state index contributed by atoms with van der Waals surface area (Å²) < 4.78 is 54.2. The zero-order chi connectivity index (χ0) is 18.0.